The quantitative estimate of drug-likeness (QED) is 0.704. The van der Waals surface area contributed by atoms with Gasteiger partial charge in [0.2, 0.25) is 0 Å². The van der Waals surface area contributed by atoms with Crippen molar-refractivity contribution in [2.75, 3.05) is 18.5 Å². The second kappa shape index (κ2) is 7.53. The molecule has 0 bridgehead atoms. The van der Waals surface area contributed by atoms with Crippen molar-refractivity contribution in [3.05, 3.63) is 47.3 Å². The van der Waals surface area contributed by atoms with Gasteiger partial charge in [0.05, 0.1) is 16.6 Å². The predicted molar refractivity (Wildman–Crippen MR) is 99.6 cm³/mol. The monoisotopic (exact) mass is 354 g/mol. The van der Waals surface area contributed by atoms with Crippen molar-refractivity contribution in [2.24, 2.45) is 5.73 Å². The molecule has 3 N–H and O–H groups in total. The maximum Gasteiger partial charge on any atom is 0.259 e. The molecule has 0 fully saturated rings. The molecule has 7 heteroatoms. The molecule has 0 aliphatic carbocycles. The lowest BCUT2D eigenvalue weighted by atomic mass is 10.0. The van der Waals surface area contributed by atoms with Crippen LogP contribution < -0.4 is 15.8 Å². The van der Waals surface area contributed by atoms with Crippen molar-refractivity contribution in [1.82, 2.24) is 10.1 Å². The second-order valence-electron chi connectivity index (χ2n) is 6.33. The number of nitrogens with two attached hydrogens (primary N) is 1. The topological polar surface area (TPSA) is 103 Å². The number of fused-ring (bicyclic) bond motifs is 1. The fraction of sp³-hybridized carbons (Fsp3) is 0.316. The van der Waals surface area contributed by atoms with Crippen molar-refractivity contribution in [3.8, 4) is 5.75 Å². The van der Waals surface area contributed by atoms with Crippen LogP contribution in [-0.4, -0.2) is 29.2 Å². The van der Waals surface area contributed by atoms with Crippen molar-refractivity contribution >= 4 is 22.7 Å². The Morgan fingerprint density at radius 1 is 1.31 bits per heavy atom. The average Bonchev–Trinajstić information content (AvgIpc) is 3.04. The Labute approximate surface area is 151 Å². The van der Waals surface area contributed by atoms with Gasteiger partial charge in [0, 0.05) is 17.9 Å². The highest BCUT2D eigenvalue weighted by molar-refractivity contribution is 6.12. The van der Waals surface area contributed by atoms with Crippen molar-refractivity contribution in [3.63, 3.8) is 0 Å². The minimum Gasteiger partial charge on any atom is -0.492 e. The van der Waals surface area contributed by atoms with Crippen LogP contribution in [0.25, 0.3) is 11.1 Å². The molecule has 0 saturated carbocycles. The van der Waals surface area contributed by atoms with Crippen molar-refractivity contribution in [1.29, 1.82) is 0 Å². The maximum absolute atomic E-state index is 12.9. The largest absolute Gasteiger partial charge is 0.492 e. The van der Waals surface area contributed by atoms with Gasteiger partial charge in [-0.3, -0.25) is 4.79 Å². The zero-order valence-corrected chi connectivity index (χ0v) is 15.1. The molecular formula is C19H22N4O3. The standard InChI is InChI=1S/C19H22N4O3/c1-11(2)17-16-15(10-12(3)21-19(16)26-23-17)18(24)22-13-4-6-14(7-5-13)25-9-8-20/h4-7,10-11H,8-9,20H2,1-3H3,(H,22,24). The Morgan fingerprint density at radius 3 is 2.69 bits per heavy atom. The number of benzene rings is 1. The second-order valence-corrected chi connectivity index (χ2v) is 6.33. The van der Waals surface area contributed by atoms with Crippen LogP contribution in [0.15, 0.2) is 34.9 Å². The minimum atomic E-state index is -0.235. The number of carbonyl (C=O) groups excluding carboxylic acids is 1. The normalized spacial score (nSPS) is 11.1. The molecule has 1 amide bonds. The maximum atomic E-state index is 12.9. The molecule has 26 heavy (non-hydrogen) atoms. The molecule has 0 saturated heterocycles. The van der Waals surface area contributed by atoms with E-state index in [9.17, 15) is 4.79 Å². The fourth-order valence-electron chi connectivity index (χ4n) is 2.68. The molecular weight excluding hydrogens is 332 g/mol. The van der Waals surface area contributed by atoms with Crippen LogP contribution in [0.4, 0.5) is 5.69 Å². The molecule has 2 heterocycles. The lowest BCUT2D eigenvalue weighted by molar-refractivity contribution is 0.102. The van der Waals surface area contributed by atoms with E-state index in [1.165, 1.54) is 0 Å². The van der Waals surface area contributed by atoms with Crippen molar-refractivity contribution < 1.29 is 14.1 Å². The van der Waals surface area contributed by atoms with Crippen LogP contribution in [0, 0.1) is 6.92 Å². The molecule has 2 aromatic heterocycles. The van der Waals surface area contributed by atoms with E-state index in [-0.39, 0.29) is 11.8 Å². The minimum absolute atomic E-state index is 0.117. The number of carbonyl (C=O) groups is 1. The van der Waals surface area contributed by atoms with E-state index in [1.807, 2.05) is 20.8 Å². The van der Waals surface area contributed by atoms with E-state index in [2.05, 4.69) is 15.5 Å². The molecule has 0 radical (unpaired) electrons. The van der Waals surface area contributed by atoms with Gasteiger partial charge in [-0.2, -0.15) is 0 Å². The number of amides is 1. The summed E-state index contributed by atoms with van der Waals surface area (Å²) in [6.45, 7) is 6.72. The van der Waals surface area contributed by atoms with Crippen LogP contribution >= 0.6 is 0 Å². The number of hydrogen-bond acceptors (Lipinski definition) is 6. The first-order valence-electron chi connectivity index (χ1n) is 8.50. The van der Waals surface area contributed by atoms with E-state index in [1.54, 1.807) is 30.3 Å². The number of rotatable bonds is 6. The first kappa shape index (κ1) is 17.9. The summed E-state index contributed by atoms with van der Waals surface area (Å²) >= 11 is 0. The van der Waals surface area contributed by atoms with Gasteiger partial charge in [0.25, 0.3) is 11.6 Å². The Hall–Kier alpha value is -2.93. The summed E-state index contributed by atoms with van der Waals surface area (Å²) < 4.78 is 10.8. The smallest absolute Gasteiger partial charge is 0.259 e. The summed E-state index contributed by atoms with van der Waals surface area (Å²) in [7, 11) is 0. The van der Waals surface area contributed by atoms with Gasteiger partial charge in [0.1, 0.15) is 12.4 Å². The summed E-state index contributed by atoms with van der Waals surface area (Å²) in [6.07, 6.45) is 0. The van der Waals surface area contributed by atoms with Gasteiger partial charge < -0.3 is 20.3 Å². The van der Waals surface area contributed by atoms with Gasteiger partial charge in [-0.1, -0.05) is 19.0 Å². The zero-order valence-electron chi connectivity index (χ0n) is 15.1. The molecule has 3 aromatic rings. The van der Waals surface area contributed by atoms with Crippen LogP contribution in [0.2, 0.25) is 0 Å². The third-order valence-corrected chi connectivity index (χ3v) is 3.89. The highest BCUT2D eigenvalue weighted by Crippen LogP contribution is 2.28. The molecule has 1 aromatic carbocycles. The van der Waals surface area contributed by atoms with Crippen LogP contribution in [-0.2, 0) is 0 Å². The number of aromatic nitrogens is 2. The number of pyridine rings is 1. The van der Waals surface area contributed by atoms with Crippen molar-refractivity contribution in [2.45, 2.75) is 26.7 Å². The SMILES string of the molecule is Cc1cc(C(=O)Nc2ccc(OCCN)cc2)c2c(C(C)C)noc2n1. The van der Waals surface area contributed by atoms with E-state index in [4.69, 9.17) is 15.0 Å². The number of nitrogens with zero attached hydrogens (tertiary/aromatic N) is 2. The van der Waals surface area contributed by atoms with Gasteiger partial charge in [-0.05, 0) is 43.2 Å². The number of anilines is 1. The van der Waals surface area contributed by atoms with Crippen LogP contribution in [0.3, 0.4) is 0 Å². The third-order valence-electron chi connectivity index (χ3n) is 3.89. The molecule has 7 nitrogen and oxygen atoms in total. The lowest BCUT2D eigenvalue weighted by Crippen LogP contribution is -2.14. The molecule has 136 valence electrons. The van der Waals surface area contributed by atoms with Crippen LogP contribution in [0.5, 0.6) is 5.75 Å². The van der Waals surface area contributed by atoms with E-state index >= 15 is 0 Å². The summed E-state index contributed by atoms with van der Waals surface area (Å²) in [5.74, 6) is 0.587. The predicted octanol–water partition coefficient (Wildman–Crippen LogP) is 3.24. The number of nitrogens with one attached hydrogen (secondary N) is 1. The first-order chi connectivity index (χ1) is 12.5. The fourth-order valence-corrected chi connectivity index (χ4v) is 2.68. The van der Waals surface area contributed by atoms with E-state index < -0.39 is 0 Å². The molecule has 3 rings (SSSR count). The summed E-state index contributed by atoms with van der Waals surface area (Å²) in [4.78, 5) is 17.2. The zero-order chi connectivity index (χ0) is 18.7. The summed E-state index contributed by atoms with van der Waals surface area (Å²) in [6, 6.07) is 8.90. The Bertz CT molecular complexity index is 916. The van der Waals surface area contributed by atoms with E-state index in [0.717, 1.165) is 5.69 Å². The van der Waals surface area contributed by atoms with E-state index in [0.29, 0.717) is 46.9 Å². The highest BCUT2D eigenvalue weighted by Gasteiger charge is 2.21. The molecule has 0 spiro atoms. The number of hydrogen-bond donors (Lipinski definition) is 2. The first-order valence-corrected chi connectivity index (χ1v) is 8.50. The highest BCUT2D eigenvalue weighted by atomic mass is 16.5. The van der Waals surface area contributed by atoms with Gasteiger partial charge >= 0.3 is 0 Å². The summed E-state index contributed by atoms with van der Waals surface area (Å²) in [5.41, 5.74) is 8.38. The Kier molecular flexibility index (Phi) is 5.18. The average molecular weight is 354 g/mol. The van der Waals surface area contributed by atoms with Crippen LogP contribution in [0.1, 0.15) is 41.5 Å². The third kappa shape index (κ3) is 3.67. The Morgan fingerprint density at radius 2 is 2.04 bits per heavy atom. The molecule has 0 aliphatic rings. The number of aryl methyl sites for hydroxylation is 1. The lowest BCUT2D eigenvalue weighted by Gasteiger charge is -2.09. The molecule has 0 aliphatic heterocycles. The van der Waals surface area contributed by atoms with Gasteiger partial charge in [0.15, 0.2) is 0 Å². The number of ether oxygens (including phenoxy) is 1. The van der Waals surface area contributed by atoms with Gasteiger partial charge in [-0.15, -0.1) is 0 Å². The molecule has 0 unspecified atom stereocenters. The molecule has 0 atom stereocenters. The summed E-state index contributed by atoms with van der Waals surface area (Å²) in [5, 5.41) is 7.64. The Balaban J connectivity index is 1.89. The van der Waals surface area contributed by atoms with Gasteiger partial charge in [-0.25, -0.2) is 4.98 Å².